The number of carbonyl (C=O) groups is 1. The smallest absolute Gasteiger partial charge is 0.252 e. The van der Waals surface area contributed by atoms with Crippen LogP contribution in [0.1, 0.15) is 10.4 Å². The van der Waals surface area contributed by atoms with Crippen LogP contribution in [0, 0.1) is 6.92 Å². The Balaban J connectivity index is 2.42. The average molecular weight is 199 g/mol. The Kier molecular flexibility index (Phi) is 2.63. The number of hydrogen-bond donors (Lipinski definition) is 1. The van der Waals surface area contributed by atoms with Crippen molar-refractivity contribution in [1.29, 1.82) is 0 Å². The lowest BCUT2D eigenvalue weighted by atomic mass is 10.1. The Bertz CT molecular complexity index is 494. The van der Waals surface area contributed by atoms with E-state index in [4.69, 9.17) is 0 Å². The van der Waals surface area contributed by atoms with Crippen molar-refractivity contribution >= 4 is 16.8 Å². The molecule has 0 atom stereocenters. The van der Waals surface area contributed by atoms with E-state index in [9.17, 15) is 4.79 Å². The minimum Gasteiger partial charge on any atom is -0.352 e. The van der Waals surface area contributed by atoms with Gasteiger partial charge in [0.25, 0.3) is 5.91 Å². The number of rotatable bonds is 2. The first kappa shape index (κ1) is 9.65. The summed E-state index contributed by atoms with van der Waals surface area (Å²) in [5.41, 5.74) is 1.46. The number of hydrogen-bond acceptors (Lipinski definition) is 2. The summed E-state index contributed by atoms with van der Waals surface area (Å²) in [5, 5.41) is 3.60. The minimum absolute atomic E-state index is 0.136. The molecule has 0 aliphatic carbocycles. The average Bonchev–Trinajstić information content (AvgIpc) is 2.29. The van der Waals surface area contributed by atoms with Crippen LogP contribution in [0.2, 0.25) is 0 Å². The number of aromatic nitrogens is 1. The molecule has 1 aromatic heterocycles. The molecule has 1 heterocycles. The van der Waals surface area contributed by atoms with Crippen LogP contribution in [0.5, 0.6) is 0 Å². The van der Waals surface area contributed by atoms with E-state index in [1.54, 1.807) is 6.20 Å². The highest BCUT2D eigenvalue weighted by molar-refractivity contribution is 5.97. The molecule has 2 rings (SSSR count). The fourth-order valence-corrected chi connectivity index (χ4v) is 1.41. The largest absolute Gasteiger partial charge is 0.352 e. The van der Waals surface area contributed by atoms with Crippen LogP contribution in [0.15, 0.2) is 36.5 Å². The van der Waals surface area contributed by atoms with Crippen molar-refractivity contribution in [3.63, 3.8) is 0 Å². The predicted molar refractivity (Wildman–Crippen MR) is 59.4 cm³/mol. The maximum absolute atomic E-state index is 11.5. The molecule has 1 amide bonds. The number of fused-ring (bicyclic) bond motifs is 1. The van der Waals surface area contributed by atoms with Gasteiger partial charge in [0.2, 0.25) is 0 Å². The van der Waals surface area contributed by atoms with Crippen LogP contribution in [-0.2, 0) is 0 Å². The Hall–Kier alpha value is -1.90. The van der Waals surface area contributed by atoms with Gasteiger partial charge in [0.05, 0.1) is 11.1 Å². The summed E-state index contributed by atoms with van der Waals surface area (Å²) in [6, 6.07) is 9.52. The van der Waals surface area contributed by atoms with Gasteiger partial charge in [-0.2, -0.15) is 0 Å². The summed E-state index contributed by atoms with van der Waals surface area (Å²) in [5.74, 6) is -0.136. The van der Waals surface area contributed by atoms with Gasteiger partial charge in [-0.15, -0.1) is 0 Å². The van der Waals surface area contributed by atoms with Gasteiger partial charge in [-0.1, -0.05) is 18.2 Å². The first-order chi connectivity index (χ1) is 7.31. The number of nitrogens with one attached hydrogen (secondary N) is 1. The molecule has 0 aliphatic heterocycles. The van der Waals surface area contributed by atoms with E-state index in [1.165, 1.54) is 0 Å². The van der Waals surface area contributed by atoms with Gasteiger partial charge in [-0.05, 0) is 19.1 Å². The Labute approximate surface area is 88.1 Å². The Morgan fingerprint density at radius 3 is 3.00 bits per heavy atom. The molecule has 0 saturated carbocycles. The number of benzene rings is 1. The van der Waals surface area contributed by atoms with E-state index in [0.717, 1.165) is 10.9 Å². The number of nitrogens with zero attached hydrogens (tertiary/aromatic N) is 1. The van der Waals surface area contributed by atoms with E-state index in [0.29, 0.717) is 12.1 Å². The second-order valence-electron chi connectivity index (χ2n) is 3.17. The van der Waals surface area contributed by atoms with Crippen molar-refractivity contribution in [3.8, 4) is 0 Å². The molecule has 15 heavy (non-hydrogen) atoms. The third-order valence-electron chi connectivity index (χ3n) is 2.14. The molecule has 3 heteroatoms. The molecular weight excluding hydrogens is 188 g/mol. The lowest BCUT2D eigenvalue weighted by Crippen LogP contribution is -2.22. The zero-order valence-corrected chi connectivity index (χ0v) is 8.23. The lowest BCUT2D eigenvalue weighted by Gasteiger charge is -2.02. The minimum atomic E-state index is -0.136. The molecule has 1 N–H and O–H groups in total. The zero-order chi connectivity index (χ0) is 10.7. The van der Waals surface area contributed by atoms with Crippen molar-refractivity contribution in [2.75, 3.05) is 6.54 Å². The fourth-order valence-electron chi connectivity index (χ4n) is 1.41. The molecule has 0 unspecified atom stereocenters. The molecule has 3 nitrogen and oxygen atoms in total. The van der Waals surface area contributed by atoms with Crippen molar-refractivity contribution < 1.29 is 4.79 Å². The van der Waals surface area contributed by atoms with Crippen LogP contribution >= 0.6 is 0 Å². The quantitative estimate of drug-likeness (QED) is 0.801. The second kappa shape index (κ2) is 4.09. The van der Waals surface area contributed by atoms with E-state index >= 15 is 0 Å². The van der Waals surface area contributed by atoms with E-state index in [1.807, 2.05) is 30.3 Å². The van der Waals surface area contributed by atoms with Gasteiger partial charge in [-0.25, -0.2) is 0 Å². The number of amides is 1. The topological polar surface area (TPSA) is 42.0 Å². The van der Waals surface area contributed by atoms with Gasteiger partial charge < -0.3 is 5.32 Å². The van der Waals surface area contributed by atoms with Gasteiger partial charge in [-0.3, -0.25) is 9.78 Å². The summed E-state index contributed by atoms with van der Waals surface area (Å²) >= 11 is 0. The van der Waals surface area contributed by atoms with E-state index in [2.05, 4.69) is 17.2 Å². The molecular formula is C12H11N2O. The van der Waals surface area contributed by atoms with Crippen molar-refractivity contribution in [2.45, 2.75) is 0 Å². The summed E-state index contributed by atoms with van der Waals surface area (Å²) < 4.78 is 0. The Morgan fingerprint density at radius 2 is 2.20 bits per heavy atom. The molecule has 2 aromatic rings. The van der Waals surface area contributed by atoms with Gasteiger partial charge in [0, 0.05) is 18.1 Å². The van der Waals surface area contributed by atoms with E-state index in [-0.39, 0.29) is 5.91 Å². The highest BCUT2D eigenvalue weighted by atomic mass is 16.1. The summed E-state index contributed by atoms with van der Waals surface area (Å²) in [6.45, 7) is 3.94. The van der Waals surface area contributed by atoms with Crippen molar-refractivity contribution in [1.82, 2.24) is 10.3 Å². The molecule has 1 aromatic carbocycles. The number of para-hydroxylation sites is 1. The van der Waals surface area contributed by atoms with E-state index < -0.39 is 0 Å². The molecule has 0 bridgehead atoms. The number of pyridine rings is 1. The maximum atomic E-state index is 11.5. The molecule has 1 radical (unpaired) electrons. The van der Waals surface area contributed by atoms with Gasteiger partial charge in [0.15, 0.2) is 0 Å². The normalized spacial score (nSPS) is 10.2. The first-order valence-electron chi connectivity index (χ1n) is 4.73. The summed E-state index contributed by atoms with van der Waals surface area (Å²) in [6.07, 6.45) is 1.58. The Morgan fingerprint density at radius 1 is 1.40 bits per heavy atom. The van der Waals surface area contributed by atoms with Gasteiger partial charge >= 0.3 is 0 Å². The van der Waals surface area contributed by atoms with Crippen LogP contribution in [0.3, 0.4) is 0 Å². The molecule has 0 saturated heterocycles. The van der Waals surface area contributed by atoms with Gasteiger partial charge in [0.1, 0.15) is 0 Å². The zero-order valence-electron chi connectivity index (χ0n) is 8.23. The highest BCUT2D eigenvalue weighted by Crippen LogP contribution is 2.12. The molecule has 0 fully saturated rings. The third kappa shape index (κ3) is 1.96. The fraction of sp³-hybridized carbons (Fsp3) is 0.0833. The molecule has 0 aliphatic rings. The summed E-state index contributed by atoms with van der Waals surface area (Å²) in [7, 11) is 0. The lowest BCUT2D eigenvalue weighted by molar-refractivity contribution is 0.0957. The SMILES string of the molecule is [CH2]CNC(=O)c1cnc2ccccc2c1. The second-order valence-corrected chi connectivity index (χ2v) is 3.17. The first-order valence-corrected chi connectivity index (χ1v) is 4.73. The molecule has 75 valence electrons. The van der Waals surface area contributed by atoms with Crippen molar-refractivity contribution in [3.05, 3.63) is 49.0 Å². The van der Waals surface area contributed by atoms with Crippen molar-refractivity contribution in [2.24, 2.45) is 0 Å². The maximum Gasteiger partial charge on any atom is 0.252 e. The highest BCUT2D eigenvalue weighted by Gasteiger charge is 2.04. The van der Waals surface area contributed by atoms with Crippen LogP contribution in [0.4, 0.5) is 0 Å². The summed E-state index contributed by atoms with van der Waals surface area (Å²) in [4.78, 5) is 15.7. The van der Waals surface area contributed by atoms with Crippen LogP contribution in [-0.4, -0.2) is 17.4 Å². The van der Waals surface area contributed by atoms with Crippen LogP contribution < -0.4 is 5.32 Å². The molecule has 0 spiro atoms. The van der Waals surface area contributed by atoms with Crippen LogP contribution in [0.25, 0.3) is 10.9 Å². The third-order valence-corrected chi connectivity index (χ3v) is 2.14. The predicted octanol–water partition coefficient (Wildman–Crippen LogP) is 1.80. The number of carbonyl (C=O) groups excluding carboxylic acids is 1. The monoisotopic (exact) mass is 199 g/mol. The standard InChI is InChI=1S/C12H11N2O/c1-2-13-12(15)10-7-9-5-3-4-6-11(9)14-8-10/h3-8H,1-2H2,(H,13,15).